The highest BCUT2D eigenvalue weighted by Crippen LogP contribution is 2.32. The molecule has 1 aliphatic rings. The number of hydrogen-bond acceptors (Lipinski definition) is 5. The molecule has 0 radical (unpaired) electrons. The van der Waals surface area contributed by atoms with E-state index in [1.54, 1.807) is 0 Å². The number of fused-ring (bicyclic) bond motifs is 1. The van der Waals surface area contributed by atoms with Gasteiger partial charge in [0.15, 0.2) is 0 Å². The monoisotopic (exact) mass is 410 g/mol. The summed E-state index contributed by atoms with van der Waals surface area (Å²) >= 11 is 0. The number of carbonyl (C=O) groups excluding carboxylic acids is 1. The van der Waals surface area contributed by atoms with E-state index in [1.807, 2.05) is 38.7 Å². The second-order valence-corrected chi connectivity index (χ2v) is 8.57. The van der Waals surface area contributed by atoms with Crippen LogP contribution in [-0.2, 0) is 23.9 Å². The Labute approximate surface area is 167 Å². The minimum Gasteiger partial charge on any atom is -0.441 e. The van der Waals surface area contributed by atoms with Crippen LogP contribution in [0.15, 0.2) is 16.7 Å². The molecule has 3 rings (SSSR count). The van der Waals surface area contributed by atoms with Gasteiger partial charge in [-0.1, -0.05) is 20.8 Å². The van der Waals surface area contributed by atoms with Crippen LogP contribution in [0.4, 0.5) is 24.7 Å². The van der Waals surface area contributed by atoms with Gasteiger partial charge in [0.25, 0.3) is 0 Å². The lowest BCUT2D eigenvalue weighted by Crippen LogP contribution is -2.30. The SMILES string of the molecule is Cc1cc2c(nc1NC(=O)CC(C)(C)C)CCCN2Cc1coc(C(F)(F)F)n1. The number of hydrogen-bond donors (Lipinski definition) is 1. The Balaban J connectivity index is 1.78. The third kappa shape index (κ3) is 5.27. The van der Waals surface area contributed by atoms with Crippen LogP contribution < -0.4 is 10.2 Å². The van der Waals surface area contributed by atoms with Crippen molar-refractivity contribution in [2.45, 2.75) is 59.7 Å². The summed E-state index contributed by atoms with van der Waals surface area (Å²) in [5.74, 6) is -0.806. The molecule has 0 saturated heterocycles. The summed E-state index contributed by atoms with van der Waals surface area (Å²) in [5, 5.41) is 2.88. The molecule has 0 unspecified atom stereocenters. The summed E-state index contributed by atoms with van der Waals surface area (Å²) < 4.78 is 42.7. The molecular formula is C20H25F3N4O2. The van der Waals surface area contributed by atoms with Crippen molar-refractivity contribution in [2.75, 3.05) is 16.8 Å². The number of nitrogens with one attached hydrogen (secondary N) is 1. The number of pyridine rings is 1. The molecule has 6 nitrogen and oxygen atoms in total. The van der Waals surface area contributed by atoms with Crippen molar-refractivity contribution in [3.8, 4) is 0 Å². The van der Waals surface area contributed by atoms with Crippen LogP contribution in [0, 0.1) is 12.3 Å². The molecular weight excluding hydrogens is 385 g/mol. The number of rotatable bonds is 4. The first kappa shape index (κ1) is 21.1. The third-order valence-corrected chi connectivity index (χ3v) is 4.55. The van der Waals surface area contributed by atoms with E-state index in [-0.39, 0.29) is 23.6 Å². The van der Waals surface area contributed by atoms with Gasteiger partial charge in [-0.15, -0.1) is 0 Å². The van der Waals surface area contributed by atoms with Gasteiger partial charge in [-0.25, -0.2) is 9.97 Å². The normalized spacial score (nSPS) is 14.7. The van der Waals surface area contributed by atoms with Crippen molar-refractivity contribution >= 4 is 17.4 Å². The van der Waals surface area contributed by atoms with E-state index in [9.17, 15) is 18.0 Å². The van der Waals surface area contributed by atoms with Crippen LogP contribution in [0.3, 0.4) is 0 Å². The van der Waals surface area contributed by atoms with Gasteiger partial charge in [0, 0.05) is 13.0 Å². The first-order valence-electron chi connectivity index (χ1n) is 9.49. The van der Waals surface area contributed by atoms with Crippen molar-refractivity contribution in [1.29, 1.82) is 0 Å². The van der Waals surface area contributed by atoms with Gasteiger partial charge in [-0.3, -0.25) is 4.79 Å². The Morgan fingerprint density at radius 1 is 1.28 bits per heavy atom. The maximum Gasteiger partial charge on any atom is 0.468 e. The lowest BCUT2D eigenvalue weighted by atomic mass is 9.92. The predicted octanol–water partition coefficient (Wildman–Crippen LogP) is 4.72. The number of alkyl halides is 3. The van der Waals surface area contributed by atoms with Gasteiger partial charge in [0.2, 0.25) is 5.91 Å². The van der Waals surface area contributed by atoms with Crippen LogP contribution in [0.25, 0.3) is 0 Å². The van der Waals surface area contributed by atoms with E-state index >= 15 is 0 Å². The number of anilines is 2. The Morgan fingerprint density at radius 2 is 2.00 bits per heavy atom. The summed E-state index contributed by atoms with van der Waals surface area (Å²) in [4.78, 5) is 22.4. The number of amides is 1. The number of aromatic nitrogens is 2. The molecule has 0 fully saturated rings. The van der Waals surface area contributed by atoms with Crippen molar-refractivity contribution in [2.24, 2.45) is 5.41 Å². The average Bonchev–Trinajstić information content (AvgIpc) is 3.03. The molecule has 1 aliphatic heterocycles. The summed E-state index contributed by atoms with van der Waals surface area (Å²) in [6.45, 7) is 8.70. The maximum atomic E-state index is 12.7. The first-order valence-corrected chi connectivity index (χ1v) is 9.49. The second kappa shape index (κ2) is 7.68. The highest BCUT2D eigenvalue weighted by Gasteiger charge is 2.37. The molecule has 0 bridgehead atoms. The topological polar surface area (TPSA) is 71.3 Å². The van der Waals surface area contributed by atoms with E-state index < -0.39 is 12.1 Å². The highest BCUT2D eigenvalue weighted by molar-refractivity contribution is 5.91. The van der Waals surface area contributed by atoms with Gasteiger partial charge in [-0.2, -0.15) is 13.2 Å². The fraction of sp³-hybridized carbons (Fsp3) is 0.550. The molecule has 158 valence electrons. The van der Waals surface area contributed by atoms with E-state index in [2.05, 4.69) is 19.7 Å². The van der Waals surface area contributed by atoms with Crippen LogP contribution in [0.2, 0.25) is 0 Å². The fourth-order valence-electron chi connectivity index (χ4n) is 3.31. The fourth-order valence-corrected chi connectivity index (χ4v) is 3.31. The zero-order valence-corrected chi connectivity index (χ0v) is 17.0. The zero-order chi connectivity index (χ0) is 21.4. The van der Waals surface area contributed by atoms with Crippen molar-refractivity contribution < 1.29 is 22.4 Å². The quantitative estimate of drug-likeness (QED) is 0.789. The smallest absolute Gasteiger partial charge is 0.441 e. The third-order valence-electron chi connectivity index (χ3n) is 4.55. The molecule has 1 N–H and O–H groups in total. The van der Waals surface area contributed by atoms with E-state index in [1.165, 1.54) is 0 Å². The Morgan fingerprint density at radius 3 is 2.62 bits per heavy atom. The van der Waals surface area contributed by atoms with Crippen LogP contribution in [0.1, 0.15) is 56.5 Å². The van der Waals surface area contributed by atoms with Crippen LogP contribution in [-0.4, -0.2) is 22.4 Å². The van der Waals surface area contributed by atoms with Gasteiger partial charge >= 0.3 is 12.1 Å². The number of aryl methyl sites for hydroxylation is 2. The second-order valence-electron chi connectivity index (χ2n) is 8.57. The number of carbonyl (C=O) groups is 1. The Kier molecular flexibility index (Phi) is 5.60. The number of halogens is 3. The molecule has 9 heteroatoms. The zero-order valence-electron chi connectivity index (χ0n) is 17.0. The summed E-state index contributed by atoms with van der Waals surface area (Å²) in [6, 6.07) is 1.92. The van der Waals surface area contributed by atoms with Gasteiger partial charge in [-0.05, 0) is 36.8 Å². The molecule has 2 aromatic rings. The van der Waals surface area contributed by atoms with Crippen molar-refractivity contribution in [3.05, 3.63) is 35.2 Å². The molecule has 0 atom stereocenters. The van der Waals surface area contributed by atoms with Crippen LogP contribution >= 0.6 is 0 Å². The molecule has 0 spiro atoms. The highest BCUT2D eigenvalue weighted by atomic mass is 19.4. The average molecular weight is 410 g/mol. The first-order chi connectivity index (χ1) is 13.4. The largest absolute Gasteiger partial charge is 0.468 e. The Hall–Kier alpha value is -2.58. The maximum absolute atomic E-state index is 12.7. The summed E-state index contributed by atoms with van der Waals surface area (Å²) in [5.41, 5.74) is 2.54. The number of oxazole rings is 1. The molecule has 0 aliphatic carbocycles. The van der Waals surface area contributed by atoms with Gasteiger partial charge in [0.05, 0.1) is 23.6 Å². The van der Waals surface area contributed by atoms with Gasteiger partial charge in [0.1, 0.15) is 12.1 Å². The van der Waals surface area contributed by atoms with E-state index in [0.29, 0.717) is 18.8 Å². The number of nitrogens with zero attached hydrogens (tertiary/aromatic N) is 3. The molecule has 3 heterocycles. The lowest BCUT2D eigenvalue weighted by Gasteiger charge is -2.31. The van der Waals surface area contributed by atoms with Gasteiger partial charge < -0.3 is 14.6 Å². The minimum atomic E-state index is -4.60. The molecule has 29 heavy (non-hydrogen) atoms. The molecule has 2 aromatic heterocycles. The van der Waals surface area contributed by atoms with E-state index in [4.69, 9.17) is 0 Å². The molecule has 0 aromatic carbocycles. The van der Waals surface area contributed by atoms with E-state index in [0.717, 1.165) is 36.0 Å². The minimum absolute atomic E-state index is 0.0945. The van der Waals surface area contributed by atoms with Crippen LogP contribution in [0.5, 0.6) is 0 Å². The Bertz CT molecular complexity index is 900. The predicted molar refractivity (Wildman–Crippen MR) is 103 cm³/mol. The van der Waals surface area contributed by atoms with Crippen molar-refractivity contribution in [1.82, 2.24) is 9.97 Å². The standard InChI is InChI=1S/C20H25F3N4O2/c1-12-8-15-14(25-17(12)26-16(28)9-19(2,3)4)6-5-7-27(15)10-13-11-29-18(24-13)20(21,22)23/h8,11H,5-7,9-10H2,1-4H3,(H,25,26,28). The summed E-state index contributed by atoms with van der Waals surface area (Å²) in [6.07, 6.45) is -1.64. The molecule has 0 saturated carbocycles. The lowest BCUT2D eigenvalue weighted by molar-refractivity contribution is -0.157. The summed E-state index contributed by atoms with van der Waals surface area (Å²) in [7, 11) is 0. The van der Waals surface area contributed by atoms with Crippen molar-refractivity contribution in [3.63, 3.8) is 0 Å². The molecule has 1 amide bonds.